The molecule has 1 heterocycles. The Morgan fingerprint density at radius 1 is 1.32 bits per heavy atom. The molecule has 2 rings (SSSR count). The average Bonchev–Trinajstić information content (AvgIpc) is 2.65. The molecule has 2 unspecified atom stereocenters. The smallest absolute Gasteiger partial charge is 0.0728 e. The minimum absolute atomic E-state index is 0.627. The Hall–Kier alpha value is -0.900. The lowest BCUT2D eigenvalue weighted by Gasteiger charge is -2.25. The Kier molecular flexibility index (Phi) is 5.37. The summed E-state index contributed by atoms with van der Waals surface area (Å²) in [6, 6.07) is 0. The van der Waals surface area contributed by atoms with Crippen molar-refractivity contribution in [2.75, 3.05) is 13.1 Å². The van der Waals surface area contributed by atoms with E-state index in [1.165, 1.54) is 37.8 Å². The topological polar surface area (TPSA) is 42.7 Å². The van der Waals surface area contributed by atoms with E-state index in [9.17, 15) is 0 Å². The van der Waals surface area contributed by atoms with Crippen LogP contribution in [0.15, 0.2) is 6.20 Å². The quantitative estimate of drug-likeness (QED) is 0.832. The van der Waals surface area contributed by atoms with Gasteiger partial charge in [-0.3, -0.25) is 4.68 Å². The van der Waals surface area contributed by atoms with Gasteiger partial charge in [-0.05, 0) is 37.8 Å². The van der Waals surface area contributed by atoms with Gasteiger partial charge in [0.25, 0.3) is 0 Å². The number of aromatic nitrogens is 3. The molecule has 1 aliphatic rings. The monoisotopic (exact) mass is 264 g/mol. The van der Waals surface area contributed by atoms with Crippen LogP contribution in [0.5, 0.6) is 0 Å². The Morgan fingerprint density at radius 2 is 2.11 bits per heavy atom. The van der Waals surface area contributed by atoms with Crippen molar-refractivity contribution in [2.45, 2.75) is 51.9 Å². The lowest BCUT2D eigenvalue weighted by atomic mass is 9.85. The van der Waals surface area contributed by atoms with Gasteiger partial charge in [0.1, 0.15) is 0 Å². The Morgan fingerprint density at radius 3 is 2.79 bits per heavy atom. The summed E-state index contributed by atoms with van der Waals surface area (Å²) in [6.07, 6.45) is 8.68. The number of nitrogens with one attached hydrogen (secondary N) is 1. The maximum absolute atomic E-state index is 4.11. The van der Waals surface area contributed by atoms with Gasteiger partial charge < -0.3 is 5.32 Å². The maximum atomic E-state index is 4.11. The van der Waals surface area contributed by atoms with Crippen molar-refractivity contribution in [3.05, 3.63) is 11.9 Å². The largest absolute Gasteiger partial charge is 0.316 e. The van der Waals surface area contributed by atoms with Gasteiger partial charge in [0.05, 0.1) is 11.9 Å². The molecule has 2 atom stereocenters. The molecule has 1 saturated carbocycles. The predicted octanol–water partition coefficient (Wildman–Crippen LogP) is 2.72. The molecule has 1 N–H and O–H groups in total. The highest BCUT2D eigenvalue weighted by molar-refractivity contribution is 5.06. The lowest BCUT2D eigenvalue weighted by molar-refractivity contribution is 0.354. The Balaban J connectivity index is 2.01. The third-order valence-electron chi connectivity index (χ3n) is 4.25. The van der Waals surface area contributed by atoms with Crippen LogP contribution in [0.3, 0.4) is 0 Å². The molecule has 19 heavy (non-hydrogen) atoms. The molecule has 4 heteroatoms. The molecule has 1 aliphatic carbocycles. The van der Waals surface area contributed by atoms with Gasteiger partial charge in [0.2, 0.25) is 0 Å². The fourth-order valence-corrected chi connectivity index (χ4v) is 3.21. The summed E-state index contributed by atoms with van der Waals surface area (Å²) in [5.74, 6) is 2.09. The minimum atomic E-state index is 0.627. The maximum Gasteiger partial charge on any atom is 0.0728 e. The summed E-state index contributed by atoms with van der Waals surface area (Å²) in [5.41, 5.74) is 1.32. The predicted molar refractivity (Wildman–Crippen MR) is 78.0 cm³/mol. The summed E-state index contributed by atoms with van der Waals surface area (Å²) in [7, 11) is 2.02. The Bertz CT molecular complexity index is 372. The van der Waals surface area contributed by atoms with Crippen molar-refractivity contribution in [3.8, 4) is 0 Å². The van der Waals surface area contributed by atoms with E-state index in [-0.39, 0.29) is 0 Å². The SMILES string of the molecule is CC(C)CNCC1CCCCCC1c1cnnn1C. The number of hydrogen-bond acceptors (Lipinski definition) is 3. The number of nitrogens with zero attached hydrogens (tertiary/aromatic N) is 3. The highest BCUT2D eigenvalue weighted by atomic mass is 15.4. The second-order valence-corrected chi connectivity index (χ2v) is 6.34. The zero-order chi connectivity index (χ0) is 13.7. The molecule has 0 aliphatic heterocycles. The fourth-order valence-electron chi connectivity index (χ4n) is 3.21. The van der Waals surface area contributed by atoms with E-state index < -0.39 is 0 Å². The van der Waals surface area contributed by atoms with Crippen molar-refractivity contribution >= 4 is 0 Å². The van der Waals surface area contributed by atoms with E-state index in [1.54, 1.807) is 0 Å². The third-order valence-corrected chi connectivity index (χ3v) is 4.25. The number of hydrogen-bond donors (Lipinski definition) is 1. The molecular weight excluding hydrogens is 236 g/mol. The summed E-state index contributed by atoms with van der Waals surface area (Å²) in [5, 5.41) is 11.8. The van der Waals surface area contributed by atoms with Crippen LogP contribution in [-0.4, -0.2) is 28.1 Å². The van der Waals surface area contributed by atoms with Gasteiger partial charge in [-0.1, -0.05) is 38.3 Å². The van der Waals surface area contributed by atoms with Crippen molar-refractivity contribution in [3.63, 3.8) is 0 Å². The van der Waals surface area contributed by atoms with Crippen molar-refractivity contribution < 1.29 is 0 Å². The first-order valence-corrected chi connectivity index (χ1v) is 7.73. The van der Waals surface area contributed by atoms with Crippen molar-refractivity contribution in [2.24, 2.45) is 18.9 Å². The first-order valence-electron chi connectivity index (χ1n) is 7.73. The normalized spacial score (nSPS) is 24.6. The summed E-state index contributed by atoms with van der Waals surface area (Å²) >= 11 is 0. The van der Waals surface area contributed by atoms with Gasteiger partial charge in [-0.15, -0.1) is 5.10 Å². The molecule has 0 amide bonds. The van der Waals surface area contributed by atoms with E-state index in [1.807, 2.05) is 17.9 Å². The first-order chi connectivity index (χ1) is 9.18. The van der Waals surface area contributed by atoms with Crippen LogP contribution in [0.25, 0.3) is 0 Å². The average molecular weight is 264 g/mol. The first kappa shape index (κ1) is 14.5. The fraction of sp³-hybridized carbons (Fsp3) is 0.867. The van der Waals surface area contributed by atoms with Gasteiger partial charge in [0, 0.05) is 13.0 Å². The van der Waals surface area contributed by atoms with E-state index in [0.29, 0.717) is 5.92 Å². The van der Waals surface area contributed by atoms with E-state index in [4.69, 9.17) is 0 Å². The van der Waals surface area contributed by atoms with Gasteiger partial charge in [-0.25, -0.2) is 0 Å². The summed E-state index contributed by atoms with van der Waals surface area (Å²) in [4.78, 5) is 0. The molecule has 0 saturated heterocycles. The van der Waals surface area contributed by atoms with Crippen molar-refractivity contribution in [1.29, 1.82) is 0 Å². The number of aryl methyl sites for hydroxylation is 1. The standard InChI is InChI=1S/C15H28N4/c1-12(2)9-16-10-13-7-5-4-6-8-14(13)15-11-17-18-19(15)3/h11-14,16H,4-10H2,1-3H3. The zero-order valence-electron chi connectivity index (χ0n) is 12.6. The second kappa shape index (κ2) is 7.04. The molecule has 0 aromatic carbocycles. The van der Waals surface area contributed by atoms with Crippen LogP contribution in [0.1, 0.15) is 57.6 Å². The molecule has 1 fully saturated rings. The minimum Gasteiger partial charge on any atom is -0.316 e. The summed E-state index contributed by atoms with van der Waals surface area (Å²) < 4.78 is 1.96. The third kappa shape index (κ3) is 4.03. The Labute approximate surface area is 117 Å². The van der Waals surface area contributed by atoms with Crippen LogP contribution in [0.4, 0.5) is 0 Å². The molecule has 0 spiro atoms. The van der Waals surface area contributed by atoms with E-state index in [0.717, 1.165) is 24.9 Å². The highest BCUT2D eigenvalue weighted by Gasteiger charge is 2.27. The molecular formula is C15H28N4. The van der Waals surface area contributed by atoms with Crippen molar-refractivity contribution in [1.82, 2.24) is 20.3 Å². The molecule has 1 aromatic rings. The summed E-state index contributed by atoms with van der Waals surface area (Å²) in [6.45, 7) is 6.78. The molecule has 108 valence electrons. The van der Waals surface area contributed by atoms with Crippen LogP contribution in [-0.2, 0) is 7.05 Å². The molecule has 1 aromatic heterocycles. The van der Waals surface area contributed by atoms with Gasteiger partial charge in [-0.2, -0.15) is 0 Å². The van der Waals surface area contributed by atoms with Crippen LogP contribution < -0.4 is 5.32 Å². The van der Waals surface area contributed by atoms with E-state index in [2.05, 4.69) is 29.5 Å². The highest BCUT2D eigenvalue weighted by Crippen LogP contribution is 2.35. The number of rotatable bonds is 5. The molecule has 0 bridgehead atoms. The van der Waals surface area contributed by atoms with E-state index >= 15 is 0 Å². The molecule has 0 radical (unpaired) electrons. The van der Waals surface area contributed by atoms with Gasteiger partial charge >= 0.3 is 0 Å². The molecule has 4 nitrogen and oxygen atoms in total. The van der Waals surface area contributed by atoms with Crippen LogP contribution in [0, 0.1) is 11.8 Å². The van der Waals surface area contributed by atoms with Crippen LogP contribution in [0.2, 0.25) is 0 Å². The van der Waals surface area contributed by atoms with Gasteiger partial charge in [0.15, 0.2) is 0 Å². The second-order valence-electron chi connectivity index (χ2n) is 6.34. The zero-order valence-corrected chi connectivity index (χ0v) is 12.6. The lowest BCUT2D eigenvalue weighted by Crippen LogP contribution is -2.30. The van der Waals surface area contributed by atoms with Crippen LogP contribution >= 0.6 is 0 Å².